The van der Waals surface area contributed by atoms with Crippen molar-refractivity contribution in [2.75, 3.05) is 31.1 Å². The Morgan fingerprint density at radius 1 is 1.00 bits per heavy atom. The maximum absolute atomic E-state index is 12.7. The fourth-order valence-corrected chi connectivity index (χ4v) is 6.40. The van der Waals surface area contributed by atoms with E-state index in [9.17, 15) is 8.42 Å². The maximum Gasteiger partial charge on any atom is 0.252 e. The Labute approximate surface area is 159 Å². The molecule has 0 unspecified atom stereocenters. The molecule has 2 heterocycles. The summed E-state index contributed by atoms with van der Waals surface area (Å²) in [5.74, 6) is 0. The molecular weight excluding hydrogens is 376 g/mol. The minimum Gasteiger partial charge on any atom is -0.368 e. The van der Waals surface area contributed by atoms with Crippen molar-refractivity contribution in [3.8, 4) is 0 Å². The summed E-state index contributed by atoms with van der Waals surface area (Å²) < 4.78 is 27.9. The highest BCUT2D eigenvalue weighted by Gasteiger charge is 2.30. The lowest BCUT2D eigenvalue weighted by Gasteiger charge is -2.37. The van der Waals surface area contributed by atoms with Crippen LogP contribution in [0.25, 0.3) is 0 Å². The van der Waals surface area contributed by atoms with E-state index in [-0.39, 0.29) is 0 Å². The summed E-state index contributed by atoms with van der Waals surface area (Å²) in [6.45, 7) is 6.75. The van der Waals surface area contributed by atoms with E-state index < -0.39 is 10.0 Å². The van der Waals surface area contributed by atoms with Gasteiger partial charge in [0.1, 0.15) is 4.21 Å². The van der Waals surface area contributed by atoms with Gasteiger partial charge in [-0.1, -0.05) is 43.6 Å². The molecule has 0 atom stereocenters. The van der Waals surface area contributed by atoms with Crippen LogP contribution < -0.4 is 4.90 Å². The first kappa shape index (κ1) is 18.7. The molecule has 0 bridgehead atoms. The third-order valence-electron chi connectivity index (χ3n) is 4.66. The van der Waals surface area contributed by atoms with E-state index in [4.69, 9.17) is 11.6 Å². The van der Waals surface area contributed by atoms with Gasteiger partial charge in [0.2, 0.25) is 0 Å². The van der Waals surface area contributed by atoms with Gasteiger partial charge in [-0.05, 0) is 36.1 Å². The zero-order valence-corrected chi connectivity index (χ0v) is 16.9. The SMILES string of the molecule is CCc1cccc(CC)c1N1CCN(S(=O)(=O)c2ccc(Cl)s2)CC1. The molecular formula is C18H23ClN2O2S2. The minimum atomic E-state index is -3.44. The van der Waals surface area contributed by atoms with Crippen LogP contribution in [0.15, 0.2) is 34.5 Å². The molecule has 136 valence electrons. The quantitative estimate of drug-likeness (QED) is 0.763. The van der Waals surface area contributed by atoms with Crippen LogP contribution >= 0.6 is 22.9 Å². The first-order valence-corrected chi connectivity index (χ1v) is 11.2. The highest BCUT2D eigenvalue weighted by atomic mass is 35.5. The Hall–Kier alpha value is -1.08. The van der Waals surface area contributed by atoms with E-state index in [2.05, 4.69) is 36.9 Å². The van der Waals surface area contributed by atoms with Gasteiger partial charge in [-0.15, -0.1) is 11.3 Å². The van der Waals surface area contributed by atoms with Crippen molar-refractivity contribution in [3.63, 3.8) is 0 Å². The smallest absolute Gasteiger partial charge is 0.252 e. The first-order chi connectivity index (χ1) is 12.0. The van der Waals surface area contributed by atoms with E-state index in [0.717, 1.165) is 24.2 Å². The molecule has 0 N–H and O–H groups in total. The average molecular weight is 399 g/mol. The fourth-order valence-electron chi connectivity index (χ4n) is 3.34. The van der Waals surface area contributed by atoms with Crippen molar-refractivity contribution >= 4 is 38.6 Å². The lowest BCUT2D eigenvalue weighted by atomic mass is 10.0. The molecule has 2 aromatic rings. The number of piperazine rings is 1. The number of hydrogen-bond acceptors (Lipinski definition) is 4. The van der Waals surface area contributed by atoms with Gasteiger partial charge in [-0.25, -0.2) is 8.42 Å². The minimum absolute atomic E-state index is 0.328. The number of halogens is 1. The zero-order chi connectivity index (χ0) is 18.0. The summed E-state index contributed by atoms with van der Waals surface area (Å²) in [4.78, 5) is 2.34. The molecule has 0 spiro atoms. The number of para-hydroxylation sites is 1. The third-order valence-corrected chi connectivity index (χ3v) is 8.26. The van der Waals surface area contributed by atoms with Crippen molar-refractivity contribution in [2.24, 2.45) is 0 Å². The molecule has 0 amide bonds. The number of sulfonamides is 1. The Bertz CT molecular complexity index is 818. The van der Waals surface area contributed by atoms with Crippen LogP contribution in [0.5, 0.6) is 0 Å². The molecule has 3 rings (SSSR count). The normalized spacial score (nSPS) is 16.4. The van der Waals surface area contributed by atoms with Crippen molar-refractivity contribution in [3.05, 3.63) is 45.8 Å². The summed E-state index contributed by atoms with van der Waals surface area (Å²) in [6.07, 6.45) is 1.96. The number of rotatable bonds is 5. The number of thiophene rings is 1. The summed E-state index contributed by atoms with van der Waals surface area (Å²) in [7, 11) is -3.44. The van der Waals surface area contributed by atoms with Gasteiger partial charge in [0, 0.05) is 31.9 Å². The van der Waals surface area contributed by atoms with Crippen LogP contribution in [-0.2, 0) is 22.9 Å². The van der Waals surface area contributed by atoms with Gasteiger partial charge in [0.25, 0.3) is 10.0 Å². The van der Waals surface area contributed by atoms with Crippen LogP contribution in [-0.4, -0.2) is 38.9 Å². The standard InChI is InChI=1S/C18H23ClN2O2S2/c1-3-14-6-5-7-15(4-2)18(14)20-10-12-21(13-11-20)25(22,23)17-9-8-16(19)24-17/h5-9H,3-4,10-13H2,1-2H3. The van der Waals surface area contributed by atoms with Crippen molar-refractivity contribution in [1.29, 1.82) is 0 Å². The number of anilines is 1. The van der Waals surface area contributed by atoms with E-state index >= 15 is 0 Å². The van der Waals surface area contributed by atoms with E-state index in [0.29, 0.717) is 34.7 Å². The fraction of sp³-hybridized carbons (Fsp3) is 0.444. The van der Waals surface area contributed by atoms with Gasteiger partial charge >= 0.3 is 0 Å². The topological polar surface area (TPSA) is 40.6 Å². The number of nitrogens with zero attached hydrogens (tertiary/aromatic N) is 2. The van der Waals surface area contributed by atoms with Crippen LogP contribution in [0.2, 0.25) is 4.34 Å². The maximum atomic E-state index is 12.7. The molecule has 1 aromatic heterocycles. The van der Waals surface area contributed by atoms with Crippen LogP contribution in [0, 0.1) is 0 Å². The molecule has 25 heavy (non-hydrogen) atoms. The van der Waals surface area contributed by atoms with E-state index in [1.54, 1.807) is 16.4 Å². The summed E-state index contributed by atoms with van der Waals surface area (Å²) in [6, 6.07) is 9.69. The Kier molecular flexibility index (Phi) is 5.73. The molecule has 0 radical (unpaired) electrons. The van der Waals surface area contributed by atoms with Gasteiger partial charge < -0.3 is 4.90 Å². The molecule has 4 nitrogen and oxygen atoms in total. The highest BCUT2D eigenvalue weighted by Crippen LogP contribution is 2.31. The summed E-state index contributed by atoms with van der Waals surface area (Å²) in [5, 5.41) is 0. The van der Waals surface area contributed by atoms with Crippen molar-refractivity contribution in [1.82, 2.24) is 4.31 Å². The lowest BCUT2D eigenvalue weighted by molar-refractivity contribution is 0.385. The van der Waals surface area contributed by atoms with E-state index in [1.165, 1.54) is 16.8 Å². The van der Waals surface area contributed by atoms with E-state index in [1.807, 2.05) is 0 Å². The Morgan fingerprint density at radius 2 is 1.60 bits per heavy atom. The van der Waals surface area contributed by atoms with Crippen LogP contribution in [0.3, 0.4) is 0 Å². The number of aryl methyl sites for hydroxylation is 2. The van der Waals surface area contributed by atoms with Crippen molar-refractivity contribution in [2.45, 2.75) is 30.9 Å². The molecule has 7 heteroatoms. The largest absolute Gasteiger partial charge is 0.368 e. The Balaban J connectivity index is 1.79. The molecule has 0 saturated carbocycles. The Morgan fingerprint density at radius 3 is 2.08 bits per heavy atom. The van der Waals surface area contributed by atoms with Gasteiger partial charge in [0.15, 0.2) is 0 Å². The second-order valence-electron chi connectivity index (χ2n) is 6.08. The van der Waals surface area contributed by atoms with Crippen molar-refractivity contribution < 1.29 is 8.42 Å². The lowest BCUT2D eigenvalue weighted by Crippen LogP contribution is -2.49. The highest BCUT2D eigenvalue weighted by molar-refractivity contribution is 7.91. The molecule has 1 aliphatic heterocycles. The number of hydrogen-bond donors (Lipinski definition) is 0. The first-order valence-electron chi connectivity index (χ1n) is 8.58. The van der Waals surface area contributed by atoms with Crippen LogP contribution in [0.1, 0.15) is 25.0 Å². The molecule has 0 aliphatic carbocycles. The molecule has 1 aromatic carbocycles. The zero-order valence-electron chi connectivity index (χ0n) is 14.5. The molecule has 1 aliphatic rings. The molecule has 1 fully saturated rings. The van der Waals surface area contributed by atoms with Gasteiger partial charge in [-0.2, -0.15) is 4.31 Å². The second-order valence-corrected chi connectivity index (χ2v) is 9.96. The monoisotopic (exact) mass is 398 g/mol. The predicted octanol–water partition coefficient (Wildman–Crippen LogP) is 4.04. The molecule has 1 saturated heterocycles. The third kappa shape index (κ3) is 3.72. The predicted molar refractivity (Wildman–Crippen MR) is 105 cm³/mol. The summed E-state index contributed by atoms with van der Waals surface area (Å²) in [5.41, 5.74) is 3.96. The van der Waals surface area contributed by atoms with Crippen LogP contribution in [0.4, 0.5) is 5.69 Å². The average Bonchev–Trinajstić information content (AvgIpc) is 3.08. The number of benzene rings is 1. The summed E-state index contributed by atoms with van der Waals surface area (Å²) >= 11 is 7.02. The van der Waals surface area contributed by atoms with Gasteiger partial charge in [0.05, 0.1) is 4.34 Å². The second kappa shape index (κ2) is 7.66. The van der Waals surface area contributed by atoms with Gasteiger partial charge in [-0.3, -0.25) is 0 Å².